The van der Waals surface area contributed by atoms with Crippen molar-refractivity contribution in [2.24, 2.45) is 5.10 Å². The van der Waals surface area contributed by atoms with Gasteiger partial charge < -0.3 is 19.6 Å². The Labute approximate surface area is 199 Å². The molecule has 10 heteroatoms. The van der Waals surface area contributed by atoms with E-state index in [2.05, 4.69) is 5.10 Å². The minimum absolute atomic E-state index is 0.0545. The first-order valence-electron chi connectivity index (χ1n) is 9.86. The minimum atomic E-state index is -0.780. The molecule has 0 saturated heterocycles. The highest BCUT2D eigenvalue weighted by molar-refractivity contribution is 6.33. The Morgan fingerprint density at radius 1 is 1.21 bits per heavy atom. The third-order valence-corrected chi connectivity index (χ3v) is 5.66. The summed E-state index contributed by atoms with van der Waals surface area (Å²) >= 11 is 12.0. The van der Waals surface area contributed by atoms with Gasteiger partial charge in [-0.2, -0.15) is 5.10 Å². The van der Waals surface area contributed by atoms with Crippen molar-refractivity contribution in [2.75, 3.05) is 19.5 Å². The predicted octanol–water partition coefficient (Wildman–Crippen LogP) is 4.71. The second-order valence-corrected chi connectivity index (χ2v) is 8.02. The molecule has 0 radical (unpaired) electrons. The van der Waals surface area contributed by atoms with E-state index in [0.29, 0.717) is 22.9 Å². The molecule has 1 aliphatic heterocycles. The molecule has 170 valence electrons. The van der Waals surface area contributed by atoms with Crippen LogP contribution in [0.5, 0.6) is 5.75 Å². The summed E-state index contributed by atoms with van der Waals surface area (Å²) in [5.74, 6) is -0.548. The quantitative estimate of drug-likeness (QED) is 0.398. The summed E-state index contributed by atoms with van der Waals surface area (Å²) in [6, 6.07) is 12.9. The van der Waals surface area contributed by atoms with Crippen LogP contribution < -0.4 is 10.5 Å². The normalized spacial score (nSPS) is 15.3. The molecule has 1 atom stereocenters. The van der Waals surface area contributed by atoms with Crippen LogP contribution in [0.2, 0.25) is 10.0 Å². The second-order valence-electron chi connectivity index (χ2n) is 7.18. The molecule has 3 aromatic rings. The highest BCUT2D eigenvalue weighted by Crippen LogP contribution is 2.34. The number of hydrazone groups is 1. The van der Waals surface area contributed by atoms with Gasteiger partial charge in [-0.25, -0.2) is 9.80 Å². The van der Waals surface area contributed by atoms with E-state index in [9.17, 15) is 9.59 Å². The monoisotopic (exact) mass is 487 g/mol. The first kappa shape index (κ1) is 22.7. The van der Waals surface area contributed by atoms with Gasteiger partial charge >= 0.3 is 5.97 Å². The highest BCUT2D eigenvalue weighted by Gasteiger charge is 2.35. The zero-order chi connectivity index (χ0) is 23.5. The Morgan fingerprint density at radius 2 is 1.97 bits per heavy atom. The number of nitrogens with two attached hydrogens (primary N) is 1. The maximum Gasteiger partial charge on any atom is 0.342 e. The van der Waals surface area contributed by atoms with Crippen molar-refractivity contribution in [1.82, 2.24) is 5.01 Å². The molecule has 0 spiro atoms. The summed E-state index contributed by atoms with van der Waals surface area (Å²) in [5, 5.41) is 6.51. The van der Waals surface area contributed by atoms with Crippen LogP contribution in [0.1, 0.15) is 34.1 Å². The van der Waals surface area contributed by atoms with E-state index >= 15 is 0 Å². The lowest BCUT2D eigenvalue weighted by molar-refractivity contribution is -0.136. The number of ether oxygens (including phenoxy) is 2. The van der Waals surface area contributed by atoms with Crippen LogP contribution >= 0.6 is 23.2 Å². The number of esters is 1. The number of nitrogen functional groups attached to an aromatic ring is 1. The summed E-state index contributed by atoms with van der Waals surface area (Å²) in [6.07, 6.45) is 1.95. The number of amides is 1. The fraction of sp³-hybridized carbons (Fsp3) is 0.174. The first-order valence-corrected chi connectivity index (χ1v) is 10.6. The van der Waals surface area contributed by atoms with Crippen molar-refractivity contribution in [1.29, 1.82) is 0 Å². The lowest BCUT2D eigenvalue weighted by Crippen LogP contribution is -2.31. The molecule has 0 fully saturated rings. The lowest BCUT2D eigenvalue weighted by atomic mass is 10.0. The average Bonchev–Trinajstić information content (AvgIpc) is 3.49. The molecule has 0 bridgehead atoms. The van der Waals surface area contributed by atoms with Crippen molar-refractivity contribution in [2.45, 2.75) is 12.5 Å². The van der Waals surface area contributed by atoms with Gasteiger partial charge in [0.25, 0.3) is 5.91 Å². The van der Waals surface area contributed by atoms with E-state index in [-0.39, 0.29) is 22.0 Å². The Morgan fingerprint density at radius 3 is 2.64 bits per heavy atom. The summed E-state index contributed by atoms with van der Waals surface area (Å²) in [6.45, 7) is -0.543. The number of nitrogens with zero attached hydrogens (tertiary/aromatic N) is 2. The zero-order valence-corrected chi connectivity index (χ0v) is 19.0. The largest absolute Gasteiger partial charge is 0.496 e. The second kappa shape index (κ2) is 9.56. The Kier molecular flexibility index (Phi) is 6.57. The number of carbonyl (C=O) groups is 2. The van der Waals surface area contributed by atoms with Crippen LogP contribution in [-0.4, -0.2) is 36.3 Å². The molecule has 1 unspecified atom stereocenters. The minimum Gasteiger partial charge on any atom is -0.496 e. The number of carbonyl (C=O) groups excluding carboxylic acids is 2. The van der Waals surface area contributed by atoms with Crippen molar-refractivity contribution < 1.29 is 23.5 Å². The number of halogens is 2. The molecule has 0 aliphatic carbocycles. The van der Waals surface area contributed by atoms with E-state index in [0.717, 1.165) is 5.56 Å². The van der Waals surface area contributed by atoms with E-state index in [1.165, 1.54) is 30.5 Å². The van der Waals surface area contributed by atoms with Crippen LogP contribution in [0.25, 0.3) is 0 Å². The summed E-state index contributed by atoms with van der Waals surface area (Å²) < 4.78 is 15.9. The highest BCUT2D eigenvalue weighted by atomic mass is 35.5. The smallest absolute Gasteiger partial charge is 0.342 e. The fourth-order valence-electron chi connectivity index (χ4n) is 3.43. The summed E-state index contributed by atoms with van der Waals surface area (Å²) in [7, 11) is 1.38. The number of furan rings is 1. The molecule has 1 aliphatic rings. The first-order chi connectivity index (χ1) is 15.9. The Bertz CT molecular complexity index is 1210. The van der Waals surface area contributed by atoms with E-state index in [1.807, 2.05) is 12.1 Å². The standard InChI is InChI=1S/C23H19Cl2N3O5/c1-31-21-10-17(26)16(25)9-15(21)23(30)33-12-22(29)28-19(20-3-2-8-32-20)11-18(27-28)13-4-6-14(24)7-5-13/h2-10,19H,11-12,26H2,1H3. The summed E-state index contributed by atoms with van der Waals surface area (Å²) in [4.78, 5) is 25.6. The number of benzene rings is 2. The van der Waals surface area contributed by atoms with Gasteiger partial charge in [-0.05, 0) is 35.9 Å². The number of methoxy groups -OCH3 is 1. The van der Waals surface area contributed by atoms with Gasteiger partial charge in [0.15, 0.2) is 6.61 Å². The molecule has 2 N–H and O–H groups in total. The van der Waals surface area contributed by atoms with Gasteiger partial charge in [-0.3, -0.25) is 4.79 Å². The molecule has 1 aromatic heterocycles. The predicted molar refractivity (Wildman–Crippen MR) is 124 cm³/mol. The lowest BCUT2D eigenvalue weighted by Gasteiger charge is -2.19. The topological polar surface area (TPSA) is 107 Å². The molecule has 2 aromatic carbocycles. The average molecular weight is 488 g/mol. The van der Waals surface area contributed by atoms with Crippen molar-refractivity contribution in [3.63, 3.8) is 0 Å². The van der Waals surface area contributed by atoms with E-state index in [1.54, 1.807) is 24.3 Å². The number of hydrogen-bond donors (Lipinski definition) is 1. The third-order valence-electron chi connectivity index (χ3n) is 5.08. The third kappa shape index (κ3) is 4.81. The Balaban J connectivity index is 1.53. The van der Waals surface area contributed by atoms with Crippen LogP contribution in [-0.2, 0) is 9.53 Å². The Hall–Kier alpha value is -3.49. The molecule has 2 heterocycles. The van der Waals surface area contributed by atoms with E-state index < -0.39 is 24.5 Å². The van der Waals surface area contributed by atoms with Gasteiger partial charge in [-0.1, -0.05) is 35.3 Å². The van der Waals surface area contributed by atoms with Crippen LogP contribution in [0, 0.1) is 0 Å². The van der Waals surface area contributed by atoms with Gasteiger partial charge in [0.05, 0.1) is 29.8 Å². The number of rotatable bonds is 6. The molecular formula is C23H19Cl2N3O5. The fourth-order valence-corrected chi connectivity index (χ4v) is 3.72. The van der Waals surface area contributed by atoms with Gasteiger partial charge in [-0.15, -0.1) is 0 Å². The maximum atomic E-state index is 13.0. The zero-order valence-electron chi connectivity index (χ0n) is 17.5. The molecular weight excluding hydrogens is 469 g/mol. The van der Waals surface area contributed by atoms with Gasteiger partial charge in [0.2, 0.25) is 0 Å². The van der Waals surface area contributed by atoms with Crippen molar-refractivity contribution >= 4 is 46.5 Å². The van der Waals surface area contributed by atoms with Crippen LogP contribution in [0.4, 0.5) is 5.69 Å². The van der Waals surface area contributed by atoms with Crippen molar-refractivity contribution in [3.8, 4) is 5.75 Å². The molecule has 33 heavy (non-hydrogen) atoms. The summed E-state index contributed by atoms with van der Waals surface area (Å²) in [5.41, 5.74) is 7.56. The van der Waals surface area contributed by atoms with Gasteiger partial charge in [0.1, 0.15) is 23.1 Å². The molecule has 4 rings (SSSR count). The van der Waals surface area contributed by atoms with E-state index in [4.69, 9.17) is 42.8 Å². The molecule has 0 saturated carbocycles. The molecule has 1 amide bonds. The maximum absolute atomic E-state index is 13.0. The number of hydrogen-bond acceptors (Lipinski definition) is 7. The van der Waals surface area contributed by atoms with Gasteiger partial charge in [0, 0.05) is 17.5 Å². The van der Waals surface area contributed by atoms with Crippen LogP contribution in [0.3, 0.4) is 0 Å². The number of anilines is 1. The van der Waals surface area contributed by atoms with Crippen LogP contribution in [0.15, 0.2) is 64.3 Å². The molecule has 8 nitrogen and oxygen atoms in total. The van der Waals surface area contributed by atoms with Crippen molar-refractivity contribution in [3.05, 3.63) is 81.7 Å². The SMILES string of the molecule is COc1cc(N)c(Cl)cc1C(=O)OCC(=O)N1N=C(c2ccc(Cl)cc2)CC1c1ccco1.